The van der Waals surface area contributed by atoms with Gasteiger partial charge in [0.15, 0.2) is 5.60 Å². The fourth-order valence-corrected chi connectivity index (χ4v) is 3.94. The monoisotopic (exact) mass is 519 g/mol. The van der Waals surface area contributed by atoms with E-state index < -0.39 is 23.2 Å². The zero-order chi connectivity index (χ0) is 26.5. The molecular formula is C27H29ClF3N3O2. The average Bonchev–Trinajstić information content (AvgIpc) is 2.84. The summed E-state index contributed by atoms with van der Waals surface area (Å²) >= 11 is 6.06. The van der Waals surface area contributed by atoms with Gasteiger partial charge in [0.25, 0.3) is 5.91 Å². The van der Waals surface area contributed by atoms with Crippen LogP contribution in [-0.4, -0.2) is 36.1 Å². The maximum Gasteiger partial charge on any atom is 0.417 e. The Hall–Kier alpha value is -3.26. The number of para-hydroxylation sites is 1. The molecule has 0 radical (unpaired) electrons. The molecule has 0 saturated carbocycles. The van der Waals surface area contributed by atoms with Crippen molar-refractivity contribution in [3.05, 3.63) is 89.1 Å². The minimum absolute atomic E-state index is 0.0217. The second-order valence-electron chi connectivity index (χ2n) is 9.06. The Morgan fingerprint density at radius 2 is 1.69 bits per heavy atom. The summed E-state index contributed by atoms with van der Waals surface area (Å²) in [5.74, 6) is -0.469. The smallest absolute Gasteiger partial charge is 0.417 e. The first kappa shape index (κ1) is 27.3. The van der Waals surface area contributed by atoms with E-state index in [-0.39, 0.29) is 17.8 Å². The van der Waals surface area contributed by atoms with E-state index in [1.165, 1.54) is 0 Å². The second kappa shape index (κ2) is 11.2. The lowest BCUT2D eigenvalue weighted by molar-refractivity contribution is -0.138. The lowest BCUT2D eigenvalue weighted by Gasteiger charge is -2.36. The molecule has 9 heteroatoms. The van der Waals surface area contributed by atoms with Gasteiger partial charge < -0.3 is 15.0 Å². The van der Waals surface area contributed by atoms with Crippen LogP contribution in [0.1, 0.15) is 37.8 Å². The number of ether oxygens (including phenoxy) is 1. The standard InChI is InChI=1S/C27H29ClF3N3O2/c1-18(19-10-13-21(28)14-11-19)23(34(4)22-8-6-5-7-9-22)17-33-25(35)26(2,3)36-24-15-12-20(16-32-24)27(29,30)31/h5-16,18,23H,17H2,1-4H3,(H,33,35). The Bertz CT molecular complexity index is 1140. The Balaban J connectivity index is 1.75. The lowest BCUT2D eigenvalue weighted by atomic mass is 9.91. The minimum Gasteiger partial charge on any atom is -0.462 e. The summed E-state index contributed by atoms with van der Waals surface area (Å²) in [6, 6.07) is 19.3. The van der Waals surface area contributed by atoms with Crippen LogP contribution >= 0.6 is 11.6 Å². The number of pyridine rings is 1. The van der Waals surface area contributed by atoms with Gasteiger partial charge in [0.2, 0.25) is 5.88 Å². The number of benzene rings is 2. The van der Waals surface area contributed by atoms with E-state index in [9.17, 15) is 18.0 Å². The fraction of sp³-hybridized carbons (Fsp3) is 0.333. The van der Waals surface area contributed by atoms with Crippen molar-refractivity contribution in [2.45, 2.75) is 44.5 Å². The van der Waals surface area contributed by atoms with Gasteiger partial charge in [0, 0.05) is 42.5 Å². The van der Waals surface area contributed by atoms with Crippen molar-refractivity contribution in [3.63, 3.8) is 0 Å². The van der Waals surface area contributed by atoms with Crippen molar-refractivity contribution >= 4 is 23.2 Å². The number of halogens is 4. The van der Waals surface area contributed by atoms with Gasteiger partial charge in [-0.05, 0) is 49.7 Å². The van der Waals surface area contributed by atoms with Crippen molar-refractivity contribution in [2.75, 3.05) is 18.5 Å². The molecule has 1 heterocycles. The molecule has 0 fully saturated rings. The highest BCUT2D eigenvalue weighted by Crippen LogP contribution is 2.30. The highest BCUT2D eigenvalue weighted by atomic mass is 35.5. The first-order chi connectivity index (χ1) is 16.9. The van der Waals surface area contributed by atoms with Crippen molar-refractivity contribution in [1.82, 2.24) is 10.3 Å². The number of aromatic nitrogens is 1. The Morgan fingerprint density at radius 1 is 1.06 bits per heavy atom. The number of rotatable bonds is 9. The largest absolute Gasteiger partial charge is 0.462 e. The molecule has 1 aromatic heterocycles. The van der Waals surface area contributed by atoms with E-state index in [4.69, 9.17) is 16.3 Å². The summed E-state index contributed by atoms with van der Waals surface area (Å²) in [6.45, 7) is 5.45. The molecule has 0 spiro atoms. The van der Waals surface area contributed by atoms with Crippen LogP contribution in [0.3, 0.4) is 0 Å². The number of nitrogens with one attached hydrogen (secondary N) is 1. The predicted octanol–water partition coefficient (Wildman–Crippen LogP) is 6.34. The van der Waals surface area contributed by atoms with Crippen LogP contribution < -0.4 is 15.0 Å². The van der Waals surface area contributed by atoms with Gasteiger partial charge >= 0.3 is 6.18 Å². The number of nitrogens with zero attached hydrogens (tertiary/aromatic N) is 2. The highest BCUT2D eigenvalue weighted by molar-refractivity contribution is 6.30. The molecule has 0 bridgehead atoms. The summed E-state index contributed by atoms with van der Waals surface area (Å²) in [4.78, 5) is 18.9. The number of hydrogen-bond donors (Lipinski definition) is 1. The predicted molar refractivity (Wildman–Crippen MR) is 135 cm³/mol. The molecule has 0 aliphatic rings. The van der Waals surface area contributed by atoms with E-state index in [1.807, 2.05) is 61.6 Å². The van der Waals surface area contributed by atoms with Crippen LogP contribution in [0.15, 0.2) is 72.9 Å². The number of anilines is 1. The number of carbonyl (C=O) groups is 1. The van der Waals surface area contributed by atoms with Gasteiger partial charge in [-0.3, -0.25) is 4.79 Å². The summed E-state index contributed by atoms with van der Waals surface area (Å²) < 4.78 is 44.1. The number of amides is 1. The highest BCUT2D eigenvalue weighted by Gasteiger charge is 2.34. The van der Waals surface area contributed by atoms with Crippen LogP contribution in [0.2, 0.25) is 5.02 Å². The van der Waals surface area contributed by atoms with Gasteiger partial charge in [-0.1, -0.05) is 48.9 Å². The Labute approximate surface area is 214 Å². The summed E-state index contributed by atoms with van der Waals surface area (Å²) in [5.41, 5.74) is -0.209. The molecule has 2 aromatic carbocycles. The molecule has 2 atom stereocenters. The first-order valence-electron chi connectivity index (χ1n) is 11.4. The summed E-state index contributed by atoms with van der Waals surface area (Å²) in [5, 5.41) is 3.59. The van der Waals surface area contributed by atoms with E-state index in [1.54, 1.807) is 13.8 Å². The quantitative estimate of drug-likeness (QED) is 0.358. The average molecular weight is 520 g/mol. The van der Waals surface area contributed by atoms with E-state index in [0.29, 0.717) is 17.8 Å². The number of carbonyl (C=O) groups excluding carboxylic acids is 1. The van der Waals surface area contributed by atoms with Crippen LogP contribution in [-0.2, 0) is 11.0 Å². The molecule has 1 amide bonds. The molecule has 5 nitrogen and oxygen atoms in total. The fourth-order valence-electron chi connectivity index (χ4n) is 3.82. The molecule has 3 aromatic rings. The van der Waals surface area contributed by atoms with E-state index in [2.05, 4.69) is 22.1 Å². The molecule has 0 aliphatic heterocycles. The van der Waals surface area contributed by atoms with Gasteiger partial charge in [-0.25, -0.2) is 4.98 Å². The summed E-state index contributed by atoms with van der Waals surface area (Å²) in [6.07, 6.45) is -3.82. The normalized spacial score (nSPS) is 13.6. The maximum atomic E-state index is 13.1. The molecule has 1 N–H and O–H groups in total. The molecular weight excluding hydrogens is 491 g/mol. The Morgan fingerprint density at radius 3 is 2.25 bits per heavy atom. The van der Waals surface area contributed by atoms with Crippen LogP contribution in [0, 0.1) is 0 Å². The minimum atomic E-state index is -4.50. The van der Waals surface area contributed by atoms with Crippen molar-refractivity contribution in [3.8, 4) is 5.88 Å². The molecule has 2 unspecified atom stereocenters. The second-order valence-corrected chi connectivity index (χ2v) is 9.50. The molecule has 36 heavy (non-hydrogen) atoms. The zero-order valence-electron chi connectivity index (χ0n) is 20.5. The van der Waals surface area contributed by atoms with Gasteiger partial charge in [-0.2, -0.15) is 13.2 Å². The molecule has 192 valence electrons. The van der Waals surface area contributed by atoms with Gasteiger partial charge in [0.1, 0.15) is 0 Å². The third-order valence-corrected chi connectivity index (χ3v) is 6.33. The van der Waals surface area contributed by atoms with Crippen LogP contribution in [0.5, 0.6) is 5.88 Å². The number of hydrogen-bond acceptors (Lipinski definition) is 4. The molecule has 0 saturated heterocycles. The van der Waals surface area contributed by atoms with Crippen molar-refractivity contribution in [2.24, 2.45) is 0 Å². The first-order valence-corrected chi connectivity index (χ1v) is 11.8. The van der Waals surface area contributed by atoms with Crippen molar-refractivity contribution in [1.29, 1.82) is 0 Å². The number of alkyl halides is 3. The molecule has 3 rings (SSSR count). The third kappa shape index (κ3) is 6.91. The van der Waals surface area contributed by atoms with Crippen molar-refractivity contribution < 1.29 is 22.7 Å². The topological polar surface area (TPSA) is 54.5 Å². The SMILES string of the molecule is CC(c1ccc(Cl)cc1)C(CNC(=O)C(C)(C)Oc1ccc(C(F)(F)F)cn1)N(C)c1ccccc1. The summed E-state index contributed by atoms with van der Waals surface area (Å²) in [7, 11) is 1.96. The Kier molecular flexibility index (Phi) is 8.51. The van der Waals surface area contributed by atoms with Gasteiger partial charge in [-0.15, -0.1) is 0 Å². The zero-order valence-corrected chi connectivity index (χ0v) is 21.3. The maximum absolute atomic E-state index is 13.1. The molecule has 0 aliphatic carbocycles. The lowest BCUT2D eigenvalue weighted by Crippen LogP contribution is -2.52. The van der Waals surface area contributed by atoms with E-state index in [0.717, 1.165) is 23.4 Å². The van der Waals surface area contributed by atoms with Crippen LogP contribution in [0.4, 0.5) is 18.9 Å². The van der Waals surface area contributed by atoms with Gasteiger partial charge in [0.05, 0.1) is 11.6 Å². The third-order valence-electron chi connectivity index (χ3n) is 6.08. The van der Waals surface area contributed by atoms with E-state index >= 15 is 0 Å². The van der Waals surface area contributed by atoms with Crippen LogP contribution in [0.25, 0.3) is 0 Å². The number of likely N-dealkylation sites (N-methyl/N-ethyl adjacent to an activating group) is 1.